The molecule has 20 heavy (non-hydrogen) atoms. The first-order chi connectivity index (χ1) is 9.68. The van der Waals surface area contributed by atoms with E-state index in [-0.39, 0.29) is 0 Å². The summed E-state index contributed by atoms with van der Waals surface area (Å²) < 4.78 is 10.8. The van der Waals surface area contributed by atoms with E-state index in [9.17, 15) is 5.11 Å². The van der Waals surface area contributed by atoms with Crippen LogP contribution in [0, 0.1) is 5.92 Å². The van der Waals surface area contributed by atoms with E-state index in [2.05, 4.69) is 24.1 Å². The second-order valence-corrected chi connectivity index (χ2v) is 5.92. The quantitative estimate of drug-likeness (QED) is 0.549. The van der Waals surface area contributed by atoms with E-state index in [0.29, 0.717) is 13.2 Å². The van der Waals surface area contributed by atoms with E-state index in [4.69, 9.17) is 9.47 Å². The Hall–Kier alpha value is -0.200. The number of rotatable bonds is 11. The summed E-state index contributed by atoms with van der Waals surface area (Å²) in [6, 6.07) is 0. The Morgan fingerprint density at radius 1 is 1.30 bits per heavy atom. The van der Waals surface area contributed by atoms with Gasteiger partial charge in [-0.05, 0) is 18.8 Å². The number of morpholine rings is 1. The molecule has 0 aromatic rings. The molecule has 1 aliphatic heterocycles. The number of hydrogen-bond acceptors (Lipinski definition) is 5. The molecule has 5 nitrogen and oxygen atoms in total. The summed E-state index contributed by atoms with van der Waals surface area (Å²) in [5.41, 5.74) is 0. The zero-order valence-electron chi connectivity index (χ0n) is 13.1. The van der Waals surface area contributed by atoms with Gasteiger partial charge in [-0.1, -0.05) is 13.8 Å². The number of nitrogens with one attached hydrogen (secondary N) is 1. The third-order valence-electron chi connectivity index (χ3n) is 3.47. The van der Waals surface area contributed by atoms with Crippen molar-refractivity contribution in [2.45, 2.75) is 32.8 Å². The molecule has 120 valence electrons. The summed E-state index contributed by atoms with van der Waals surface area (Å²) in [4.78, 5) is 2.38. The second kappa shape index (κ2) is 11.5. The van der Waals surface area contributed by atoms with Gasteiger partial charge in [0.25, 0.3) is 0 Å². The van der Waals surface area contributed by atoms with Gasteiger partial charge in [-0.25, -0.2) is 0 Å². The molecule has 0 spiro atoms. The Morgan fingerprint density at radius 2 is 2.05 bits per heavy atom. The molecular weight excluding hydrogens is 256 g/mol. The Labute approximate surface area is 123 Å². The molecule has 5 heteroatoms. The zero-order chi connectivity index (χ0) is 14.6. The van der Waals surface area contributed by atoms with Crippen LogP contribution in [0.5, 0.6) is 0 Å². The number of nitrogens with zero attached hydrogens (tertiary/aromatic N) is 1. The zero-order valence-corrected chi connectivity index (χ0v) is 13.1. The lowest BCUT2D eigenvalue weighted by Crippen LogP contribution is -2.41. The molecule has 0 saturated carbocycles. The molecule has 1 fully saturated rings. The SMILES string of the molecule is CC(C)CCCOCC(O)CNCCN1CCOCC1. The summed E-state index contributed by atoms with van der Waals surface area (Å²) in [6.45, 7) is 11.9. The lowest BCUT2D eigenvalue weighted by atomic mass is 10.1. The molecule has 0 aromatic heterocycles. The van der Waals surface area contributed by atoms with Crippen molar-refractivity contribution in [1.29, 1.82) is 0 Å². The highest BCUT2D eigenvalue weighted by molar-refractivity contribution is 4.65. The number of aliphatic hydroxyl groups excluding tert-OH is 1. The summed E-state index contributed by atoms with van der Waals surface area (Å²) >= 11 is 0. The molecule has 1 atom stereocenters. The minimum Gasteiger partial charge on any atom is -0.389 e. The van der Waals surface area contributed by atoms with E-state index in [1.807, 2.05) is 0 Å². The maximum atomic E-state index is 9.77. The molecule has 1 saturated heterocycles. The topological polar surface area (TPSA) is 54.0 Å². The van der Waals surface area contributed by atoms with Crippen LogP contribution in [0.2, 0.25) is 0 Å². The van der Waals surface area contributed by atoms with Gasteiger partial charge in [-0.15, -0.1) is 0 Å². The molecule has 0 radical (unpaired) electrons. The fourth-order valence-electron chi connectivity index (χ4n) is 2.20. The summed E-state index contributed by atoms with van der Waals surface area (Å²) in [5, 5.41) is 13.1. The average molecular weight is 288 g/mol. The van der Waals surface area contributed by atoms with Crippen LogP contribution in [0.3, 0.4) is 0 Å². The van der Waals surface area contributed by atoms with Gasteiger partial charge in [0.2, 0.25) is 0 Å². The van der Waals surface area contributed by atoms with Crippen LogP contribution >= 0.6 is 0 Å². The van der Waals surface area contributed by atoms with Crippen LogP contribution in [-0.2, 0) is 9.47 Å². The molecular formula is C15H32N2O3. The van der Waals surface area contributed by atoms with Crippen molar-refractivity contribution in [2.75, 3.05) is 59.2 Å². The molecule has 1 rings (SSSR count). The van der Waals surface area contributed by atoms with Crippen molar-refractivity contribution in [1.82, 2.24) is 10.2 Å². The lowest BCUT2D eigenvalue weighted by Gasteiger charge is -2.26. The van der Waals surface area contributed by atoms with E-state index >= 15 is 0 Å². The standard InChI is InChI=1S/C15H32N2O3/c1-14(2)4-3-9-20-13-15(18)12-16-5-6-17-7-10-19-11-8-17/h14-16,18H,3-13H2,1-2H3. The number of aliphatic hydroxyl groups is 1. The Kier molecular flexibility index (Phi) is 10.2. The van der Waals surface area contributed by atoms with Gasteiger partial charge >= 0.3 is 0 Å². The first-order valence-corrected chi connectivity index (χ1v) is 7.95. The average Bonchev–Trinajstić information content (AvgIpc) is 2.44. The van der Waals surface area contributed by atoms with Gasteiger partial charge in [0.05, 0.1) is 25.9 Å². The van der Waals surface area contributed by atoms with E-state index < -0.39 is 6.10 Å². The predicted molar refractivity (Wildman–Crippen MR) is 81.0 cm³/mol. The minimum atomic E-state index is -0.404. The van der Waals surface area contributed by atoms with Crippen molar-refractivity contribution < 1.29 is 14.6 Å². The van der Waals surface area contributed by atoms with Crippen molar-refractivity contribution >= 4 is 0 Å². The van der Waals surface area contributed by atoms with Crippen LogP contribution in [0.4, 0.5) is 0 Å². The third kappa shape index (κ3) is 9.66. The highest BCUT2D eigenvalue weighted by Crippen LogP contribution is 2.03. The Balaban J connectivity index is 1.85. The molecule has 1 heterocycles. The molecule has 0 amide bonds. The fraction of sp³-hybridized carbons (Fsp3) is 1.00. The Bertz CT molecular complexity index is 221. The monoisotopic (exact) mass is 288 g/mol. The minimum absolute atomic E-state index is 0.404. The van der Waals surface area contributed by atoms with Gasteiger partial charge in [-0.3, -0.25) is 4.90 Å². The number of ether oxygens (including phenoxy) is 2. The van der Waals surface area contributed by atoms with E-state index in [1.165, 1.54) is 6.42 Å². The smallest absolute Gasteiger partial charge is 0.0897 e. The van der Waals surface area contributed by atoms with Crippen LogP contribution in [0.25, 0.3) is 0 Å². The molecule has 1 unspecified atom stereocenters. The van der Waals surface area contributed by atoms with E-state index in [0.717, 1.165) is 58.3 Å². The first kappa shape index (κ1) is 17.9. The van der Waals surface area contributed by atoms with Crippen molar-refractivity contribution in [3.63, 3.8) is 0 Å². The van der Waals surface area contributed by atoms with Gasteiger partial charge in [0.1, 0.15) is 0 Å². The largest absolute Gasteiger partial charge is 0.389 e. The fourth-order valence-corrected chi connectivity index (χ4v) is 2.20. The van der Waals surface area contributed by atoms with Crippen LogP contribution < -0.4 is 5.32 Å². The molecule has 2 N–H and O–H groups in total. The summed E-state index contributed by atoms with van der Waals surface area (Å²) in [5.74, 6) is 0.727. The summed E-state index contributed by atoms with van der Waals surface area (Å²) in [6.07, 6.45) is 1.86. The highest BCUT2D eigenvalue weighted by atomic mass is 16.5. The molecule has 0 aromatic carbocycles. The van der Waals surface area contributed by atoms with Gasteiger partial charge in [-0.2, -0.15) is 0 Å². The predicted octanol–water partition coefficient (Wildman–Crippen LogP) is 0.722. The maximum Gasteiger partial charge on any atom is 0.0897 e. The molecule has 0 bridgehead atoms. The maximum absolute atomic E-state index is 9.77. The van der Waals surface area contributed by atoms with Crippen LogP contribution in [0.1, 0.15) is 26.7 Å². The van der Waals surface area contributed by atoms with Gasteiger partial charge in [0, 0.05) is 39.3 Å². The molecule has 1 aliphatic rings. The van der Waals surface area contributed by atoms with Crippen molar-refractivity contribution in [2.24, 2.45) is 5.92 Å². The summed E-state index contributed by atoms with van der Waals surface area (Å²) in [7, 11) is 0. The normalized spacial score (nSPS) is 18.6. The first-order valence-electron chi connectivity index (χ1n) is 7.95. The number of hydrogen-bond donors (Lipinski definition) is 2. The molecule has 0 aliphatic carbocycles. The lowest BCUT2D eigenvalue weighted by molar-refractivity contribution is 0.0301. The van der Waals surface area contributed by atoms with Crippen molar-refractivity contribution in [3.8, 4) is 0 Å². The van der Waals surface area contributed by atoms with E-state index in [1.54, 1.807) is 0 Å². The van der Waals surface area contributed by atoms with Crippen molar-refractivity contribution in [3.05, 3.63) is 0 Å². The van der Waals surface area contributed by atoms with Crippen LogP contribution in [0.15, 0.2) is 0 Å². The third-order valence-corrected chi connectivity index (χ3v) is 3.47. The van der Waals surface area contributed by atoms with Gasteiger partial charge in [0.15, 0.2) is 0 Å². The highest BCUT2D eigenvalue weighted by Gasteiger charge is 2.09. The second-order valence-electron chi connectivity index (χ2n) is 5.92. The van der Waals surface area contributed by atoms with Crippen LogP contribution in [-0.4, -0.2) is 75.3 Å². The Morgan fingerprint density at radius 3 is 2.75 bits per heavy atom. The van der Waals surface area contributed by atoms with Gasteiger partial charge < -0.3 is 19.9 Å².